The summed E-state index contributed by atoms with van der Waals surface area (Å²) in [5, 5.41) is 17.0. The van der Waals surface area contributed by atoms with E-state index in [1.807, 2.05) is 0 Å². The highest BCUT2D eigenvalue weighted by atomic mass is 16.6. The molecule has 0 spiro atoms. The van der Waals surface area contributed by atoms with E-state index in [0.29, 0.717) is 106 Å². The Morgan fingerprint density at radius 2 is 0.414 bits per heavy atom. The van der Waals surface area contributed by atoms with Crippen LogP contribution < -0.4 is 0 Å². The number of aliphatic hydroxyl groups is 2. The fourth-order valence-corrected chi connectivity index (χ4v) is 1.77. The SMILES string of the molecule is C.OCCOCCOCCOCCOCCOCCOCCOCCOCCO. The van der Waals surface area contributed by atoms with Gasteiger partial charge in [0.25, 0.3) is 0 Å². The van der Waals surface area contributed by atoms with Gasteiger partial charge in [0.2, 0.25) is 0 Å². The second-order valence-corrected chi connectivity index (χ2v) is 5.35. The van der Waals surface area contributed by atoms with Gasteiger partial charge in [-0.25, -0.2) is 0 Å². The molecule has 0 atom stereocenters. The van der Waals surface area contributed by atoms with Crippen LogP contribution in [0, 0.1) is 0 Å². The van der Waals surface area contributed by atoms with Crippen molar-refractivity contribution in [1.82, 2.24) is 0 Å². The van der Waals surface area contributed by atoms with Gasteiger partial charge in [-0.2, -0.15) is 0 Å². The van der Waals surface area contributed by atoms with E-state index in [2.05, 4.69) is 0 Å². The van der Waals surface area contributed by atoms with Gasteiger partial charge in [0.05, 0.1) is 119 Å². The minimum Gasteiger partial charge on any atom is -0.394 e. The van der Waals surface area contributed by atoms with Gasteiger partial charge in [-0.1, -0.05) is 7.43 Å². The van der Waals surface area contributed by atoms with Crippen LogP contribution in [0.25, 0.3) is 0 Å². The van der Waals surface area contributed by atoms with E-state index in [-0.39, 0.29) is 20.6 Å². The van der Waals surface area contributed by atoms with E-state index in [1.165, 1.54) is 0 Å². The lowest BCUT2D eigenvalue weighted by Crippen LogP contribution is -2.15. The van der Waals surface area contributed by atoms with Gasteiger partial charge < -0.3 is 48.1 Å². The molecule has 0 aliphatic rings. The van der Waals surface area contributed by atoms with E-state index in [9.17, 15) is 0 Å². The maximum Gasteiger partial charge on any atom is 0.0701 e. The molecule has 0 aromatic rings. The summed E-state index contributed by atoms with van der Waals surface area (Å²) in [6.45, 7) is 7.79. The lowest BCUT2D eigenvalue weighted by atomic mass is 10.6. The minimum atomic E-state index is 0. The summed E-state index contributed by atoms with van der Waals surface area (Å²) in [5.74, 6) is 0. The number of hydrogen-bond donors (Lipinski definition) is 2. The van der Waals surface area contributed by atoms with Gasteiger partial charge in [0.15, 0.2) is 0 Å². The van der Waals surface area contributed by atoms with Crippen molar-refractivity contribution in [3.8, 4) is 0 Å². The minimum absolute atomic E-state index is 0. The molecule has 10 nitrogen and oxygen atoms in total. The summed E-state index contributed by atoms with van der Waals surface area (Å²) in [6.07, 6.45) is 0. The molecular weight excluding hydrogens is 388 g/mol. The van der Waals surface area contributed by atoms with Crippen LogP contribution in [0.1, 0.15) is 7.43 Å². The van der Waals surface area contributed by atoms with Crippen LogP contribution >= 0.6 is 0 Å². The van der Waals surface area contributed by atoms with Crippen molar-refractivity contribution in [2.45, 2.75) is 7.43 Å². The van der Waals surface area contributed by atoms with Crippen LogP contribution in [-0.2, 0) is 37.9 Å². The van der Waals surface area contributed by atoms with Crippen LogP contribution in [0.3, 0.4) is 0 Å². The van der Waals surface area contributed by atoms with Crippen molar-refractivity contribution in [1.29, 1.82) is 0 Å². The highest BCUT2D eigenvalue weighted by Crippen LogP contribution is 1.85. The van der Waals surface area contributed by atoms with Crippen LogP contribution in [0.2, 0.25) is 0 Å². The number of hydrogen-bond acceptors (Lipinski definition) is 10. The Labute approximate surface area is 175 Å². The molecule has 0 aromatic heterocycles. The molecule has 0 radical (unpaired) electrons. The van der Waals surface area contributed by atoms with E-state index in [0.717, 1.165) is 0 Å². The Morgan fingerprint density at radius 1 is 0.276 bits per heavy atom. The zero-order valence-corrected chi connectivity index (χ0v) is 16.9. The molecule has 0 rings (SSSR count). The fourth-order valence-electron chi connectivity index (χ4n) is 1.77. The zero-order chi connectivity index (χ0) is 20.4. The molecule has 0 saturated carbocycles. The van der Waals surface area contributed by atoms with Crippen LogP contribution in [0.5, 0.6) is 0 Å². The molecular formula is C19H42O10. The quantitative estimate of drug-likeness (QED) is 0.188. The summed E-state index contributed by atoms with van der Waals surface area (Å²) in [4.78, 5) is 0. The van der Waals surface area contributed by atoms with Crippen molar-refractivity contribution in [2.75, 3.05) is 119 Å². The lowest BCUT2D eigenvalue weighted by Gasteiger charge is -2.08. The van der Waals surface area contributed by atoms with Gasteiger partial charge in [-0.3, -0.25) is 0 Å². The second kappa shape index (κ2) is 29.8. The third kappa shape index (κ3) is 29.9. The molecule has 0 heterocycles. The molecule has 0 aliphatic carbocycles. The summed E-state index contributed by atoms with van der Waals surface area (Å²) in [7, 11) is 0. The Hall–Kier alpha value is -0.400. The number of ether oxygens (including phenoxy) is 8. The number of aliphatic hydroxyl groups excluding tert-OH is 2. The third-order valence-corrected chi connectivity index (χ3v) is 3.08. The molecule has 10 heteroatoms. The molecule has 0 fully saturated rings. The van der Waals surface area contributed by atoms with Crippen LogP contribution in [0.15, 0.2) is 0 Å². The molecule has 0 aromatic carbocycles. The van der Waals surface area contributed by atoms with Gasteiger partial charge in [0, 0.05) is 0 Å². The van der Waals surface area contributed by atoms with Crippen LogP contribution in [0.4, 0.5) is 0 Å². The smallest absolute Gasteiger partial charge is 0.0701 e. The zero-order valence-electron chi connectivity index (χ0n) is 16.9. The topological polar surface area (TPSA) is 114 Å². The Kier molecular flexibility index (Phi) is 31.6. The van der Waals surface area contributed by atoms with Crippen molar-refractivity contribution in [3.63, 3.8) is 0 Å². The first-order valence-electron chi connectivity index (χ1n) is 9.75. The molecule has 29 heavy (non-hydrogen) atoms. The third-order valence-electron chi connectivity index (χ3n) is 3.08. The monoisotopic (exact) mass is 430 g/mol. The molecule has 178 valence electrons. The Bertz CT molecular complexity index is 245. The van der Waals surface area contributed by atoms with E-state index in [4.69, 9.17) is 48.1 Å². The first-order chi connectivity index (χ1) is 13.9. The van der Waals surface area contributed by atoms with E-state index < -0.39 is 0 Å². The van der Waals surface area contributed by atoms with Gasteiger partial charge in [-0.05, 0) is 0 Å². The lowest BCUT2D eigenvalue weighted by molar-refractivity contribution is -0.0244. The predicted molar refractivity (Wildman–Crippen MR) is 107 cm³/mol. The fraction of sp³-hybridized carbons (Fsp3) is 1.00. The average molecular weight is 431 g/mol. The largest absolute Gasteiger partial charge is 0.394 e. The molecule has 0 bridgehead atoms. The highest BCUT2D eigenvalue weighted by Gasteiger charge is 1.94. The average Bonchev–Trinajstić information content (AvgIpc) is 2.71. The molecule has 0 aliphatic heterocycles. The molecule has 0 amide bonds. The van der Waals surface area contributed by atoms with Crippen molar-refractivity contribution >= 4 is 0 Å². The van der Waals surface area contributed by atoms with E-state index >= 15 is 0 Å². The van der Waals surface area contributed by atoms with E-state index in [1.54, 1.807) is 0 Å². The molecule has 2 N–H and O–H groups in total. The standard InChI is InChI=1S/C18H38O10.CH4/c19-1-3-21-5-7-23-9-11-25-13-15-27-17-18-28-16-14-26-12-10-24-8-6-22-4-2-20;/h19-20H,1-18H2;1H4. The summed E-state index contributed by atoms with van der Waals surface area (Å²) >= 11 is 0. The normalized spacial score (nSPS) is 11.0. The Balaban J connectivity index is 0. The first kappa shape index (κ1) is 30.8. The second-order valence-electron chi connectivity index (χ2n) is 5.35. The van der Waals surface area contributed by atoms with Gasteiger partial charge in [-0.15, -0.1) is 0 Å². The maximum absolute atomic E-state index is 8.52. The predicted octanol–water partition coefficient (Wildman–Crippen LogP) is -0.260. The number of rotatable bonds is 25. The molecule has 0 saturated heterocycles. The van der Waals surface area contributed by atoms with Gasteiger partial charge in [0.1, 0.15) is 0 Å². The summed E-state index contributed by atoms with van der Waals surface area (Å²) < 4.78 is 42.2. The first-order valence-corrected chi connectivity index (χ1v) is 9.75. The summed E-state index contributed by atoms with van der Waals surface area (Å²) in [6, 6.07) is 0. The Morgan fingerprint density at radius 3 is 0.552 bits per heavy atom. The van der Waals surface area contributed by atoms with Crippen molar-refractivity contribution in [2.24, 2.45) is 0 Å². The maximum atomic E-state index is 8.52. The van der Waals surface area contributed by atoms with Gasteiger partial charge >= 0.3 is 0 Å². The molecule has 0 unspecified atom stereocenters. The highest BCUT2D eigenvalue weighted by molar-refractivity contribution is 4.37. The van der Waals surface area contributed by atoms with Crippen LogP contribution in [-0.4, -0.2) is 129 Å². The van der Waals surface area contributed by atoms with Crippen molar-refractivity contribution in [3.05, 3.63) is 0 Å². The van der Waals surface area contributed by atoms with Crippen molar-refractivity contribution < 1.29 is 48.1 Å². The summed E-state index contributed by atoms with van der Waals surface area (Å²) in [5.41, 5.74) is 0.